The molecule has 0 radical (unpaired) electrons. The Morgan fingerprint density at radius 2 is 1.83 bits per heavy atom. The molecule has 0 fully saturated rings. The van der Waals surface area contributed by atoms with Gasteiger partial charge in [-0.05, 0) is 30.3 Å². The summed E-state index contributed by atoms with van der Waals surface area (Å²) in [6.45, 7) is -0.0813. The predicted molar refractivity (Wildman–Crippen MR) is 130 cm³/mol. The molecule has 2 aromatic carbocycles. The van der Waals surface area contributed by atoms with Crippen LogP contribution in [0.2, 0.25) is 0 Å². The highest BCUT2D eigenvalue weighted by molar-refractivity contribution is 7.89. The monoisotopic (exact) mass is 531 g/mol. The van der Waals surface area contributed by atoms with Gasteiger partial charge in [0.05, 0.1) is 29.0 Å². The summed E-state index contributed by atoms with van der Waals surface area (Å²) in [6, 6.07) is 16.7. The fourth-order valence-corrected chi connectivity index (χ4v) is 6.20. The van der Waals surface area contributed by atoms with Crippen molar-refractivity contribution in [1.29, 1.82) is 0 Å². The first-order chi connectivity index (χ1) is 17.2. The first-order valence-corrected chi connectivity index (χ1v) is 13.2. The van der Waals surface area contributed by atoms with Gasteiger partial charge in [-0.1, -0.05) is 36.4 Å². The smallest absolute Gasteiger partial charge is 0.416 e. The summed E-state index contributed by atoms with van der Waals surface area (Å²) in [5.74, 6) is 0.384. The van der Waals surface area contributed by atoms with Crippen LogP contribution in [0.15, 0.2) is 93.9 Å². The molecule has 36 heavy (non-hydrogen) atoms. The lowest BCUT2D eigenvalue weighted by Gasteiger charge is -2.22. The second-order valence-electron chi connectivity index (χ2n) is 8.07. The van der Waals surface area contributed by atoms with E-state index in [4.69, 9.17) is 4.42 Å². The summed E-state index contributed by atoms with van der Waals surface area (Å²) in [6.07, 6.45) is -1.01. The molecule has 186 valence electrons. The molecule has 11 heteroatoms. The Hall–Kier alpha value is -3.41. The van der Waals surface area contributed by atoms with Crippen molar-refractivity contribution in [1.82, 2.24) is 13.7 Å². The summed E-state index contributed by atoms with van der Waals surface area (Å²) < 4.78 is 75.0. The maximum absolute atomic E-state index is 13.5. The summed E-state index contributed by atoms with van der Waals surface area (Å²) in [5, 5.41) is 1.90. The van der Waals surface area contributed by atoms with Crippen molar-refractivity contribution in [3.8, 4) is 11.3 Å². The molecule has 5 aromatic rings. The van der Waals surface area contributed by atoms with E-state index in [0.717, 1.165) is 38.4 Å². The molecule has 0 aliphatic carbocycles. The van der Waals surface area contributed by atoms with Gasteiger partial charge in [-0.25, -0.2) is 13.4 Å². The molecule has 0 saturated heterocycles. The van der Waals surface area contributed by atoms with E-state index < -0.39 is 26.7 Å². The molecule has 0 spiro atoms. The highest BCUT2D eigenvalue weighted by Crippen LogP contribution is 2.32. The normalized spacial score (nSPS) is 12.6. The number of halogens is 3. The van der Waals surface area contributed by atoms with Gasteiger partial charge in [0.25, 0.3) is 0 Å². The van der Waals surface area contributed by atoms with Crippen LogP contribution in [-0.2, 0) is 29.2 Å². The van der Waals surface area contributed by atoms with Crippen molar-refractivity contribution in [2.45, 2.75) is 24.0 Å². The first kappa shape index (κ1) is 24.3. The van der Waals surface area contributed by atoms with Gasteiger partial charge in [0.15, 0.2) is 4.96 Å². The summed E-state index contributed by atoms with van der Waals surface area (Å²) in [4.78, 5) is 4.99. The molecule has 0 aliphatic rings. The first-order valence-electron chi connectivity index (χ1n) is 10.9. The molecule has 0 N–H and O–H groups in total. The third kappa shape index (κ3) is 4.95. The van der Waals surface area contributed by atoms with Gasteiger partial charge in [-0.2, -0.15) is 17.5 Å². The minimum absolute atomic E-state index is 0.0317. The minimum Gasteiger partial charge on any atom is -0.468 e. The van der Waals surface area contributed by atoms with Crippen molar-refractivity contribution in [3.63, 3.8) is 0 Å². The van der Waals surface area contributed by atoms with Gasteiger partial charge in [-0.15, -0.1) is 11.3 Å². The number of fused-ring (bicyclic) bond motifs is 1. The SMILES string of the molecule is O=S(=O)(c1cccc(C(F)(F)F)c1)N(CCc1csc2nc(-c3ccccc3)cn12)Cc1ccco1. The summed E-state index contributed by atoms with van der Waals surface area (Å²) in [7, 11) is -4.25. The second kappa shape index (κ2) is 9.57. The van der Waals surface area contributed by atoms with E-state index in [0.29, 0.717) is 18.2 Å². The lowest BCUT2D eigenvalue weighted by Crippen LogP contribution is -2.32. The molecule has 0 amide bonds. The van der Waals surface area contributed by atoms with Crippen LogP contribution in [0.4, 0.5) is 13.2 Å². The zero-order chi connectivity index (χ0) is 25.3. The molecular formula is C25H20F3N3O3S2. The zero-order valence-electron chi connectivity index (χ0n) is 18.7. The Morgan fingerprint density at radius 1 is 1.03 bits per heavy atom. The Kier molecular flexibility index (Phi) is 6.45. The van der Waals surface area contributed by atoms with E-state index >= 15 is 0 Å². The number of nitrogens with zero attached hydrogens (tertiary/aromatic N) is 3. The number of benzene rings is 2. The van der Waals surface area contributed by atoms with E-state index in [1.54, 1.807) is 12.1 Å². The van der Waals surface area contributed by atoms with Gasteiger partial charge < -0.3 is 4.42 Å². The number of rotatable bonds is 8. The quantitative estimate of drug-likeness (QED) is 0.242. The molecule has 0 saturated carbocycles. The summed E-state index contributed by atoms with van der Waals surface area (Å²) in [5.41, 5.74) is 1.58. The topological polar surface area (TPSA) is 67.8 Å². The van der Waals surface area contributed by atoms with Crippen molar-refractivity contribution in [2.75, 3.05) is 6.54 Å². The predicted octanol–water partition coefficient (Wildman–Crippen LogP) is 6.11. The van der Waals surface area contributed by atoms with Gasteiger partial charge >= 0.3 is 6.18 Å². The molecule has 0 atom stereocenters. The van der Waals surface area contributed by atoms with E-state index in [1.807, 2.05) is 46.3 Å². The number of alkyl halides is 3. The number of aromatic nitrogens is 2. The van der Waals surface area contributed by atoms with Crippen LogP contribution in [-0.4, -0.2) is 28.7 Å². The molecule has 0 unspecified atom stereocenters. The maximum atomic E-state index is 13.5. The Balaban J connectivity index is 1.44. The number of sulfonamides is 1. The largest absolute Gasteiger partial charge is 0.468 e. The molecular weight excluding hydrogens is 511 g/mol. The third-order valence-corrected chi connectivity index (χ3v) is 8.41. The lowest BCUT2D eigenvalue weighted by molar-refractivity contribution is -0.137. The van der Waals surface area contributed by atoms with Crippen molar-refractivity contribution < 1.29 is 26.0 Å². The number of hydrogen-bond acceptors (Lipinski definition) is 5. The lowest BCUT2D eigenvalue weighted by atomic mass is 10.2. The average Bonchev–Trinajstić information content (AvgIpc) is 3.60. The standard InChI is InChI=1S/C25H20F3N3O3S2/c26-25(27,28)19-8-4-10-22(14-19)36(32,33)30(15-21-9-5-13-34-21)12-11-20-17-35-24-29-23(16-31(20)24)18-6-2-1-3-7-18/h1-10,13-14,16-17H,11-12,15H2. The average molecular weight is 532 g/mol. The molecule has 0 aliphatic heterocycles. The highest BCUT2D eigenvalue weighted by atomic mass is 32.2. The van der Waals surface area contributed by atoms with Crippen molar-refractivity contribution in [2.24, 2.45) is 0 Å². The Bertz CT molecular complexity index is 1580. The zero-order valence-corrected chi connectivity index (χ0v) is 20.4. The van der Waals surface area contributed by atoms with Crippen molar-refractivity contribution in [3.05, 3.63) is 102 Å². The van der Waals surface area contributed by atoms with E-state index in [-0.39, 0.29) is 13.1 Å². The fraction of sp³-hybridized carbons (Fsp3) is 0.160. The molecule has 5 rings (SSSR count). The fourth-order valence-electron chi connectivity index (χ4n) is 3.84. The number of hydrogen-bond donors (Lipinski definition) is 0. The van der Waals surface area contributed by atoms with Crippen LogP contribution in [0.25, 0.3) is 16.2 Å². The van der Waals surface area contributed by atoms with Crippen molar-refractivity contribution >= 4 is 26.3 Å². The van der Waals surface area contributed by atoms with Crippen LogP contribution < -0.4 is 0 Å². The number of thiazole rings is 1. The van der Waals surface area contributed by atoms with E-state index in [2.05, 4.69) is 4.98 Å². The Morgan fingerprint density at radius 3 is 2.56 bits per heavy atom. The number of furan rings is 1. The van der Waals surface area contributed by atoms with E-state index in [1.165, 1.54) is 23.7 Å². The van der Waals surface area contributed by atoms with Crippen LogP contribution >= 0.6 is 11.3 Å². The van der Waals surface area contributed by atoms with Gasteiger partial charge in [0.1, 0.15) is 5.76 Å². The van der Waals surface area contributed by atoms with Gasteiger partial charge in [-0.3, -0.25) is 4.40 Å². The third-order valence-electron chi connectivity index (χ3n) is 5.68. The van der Waals surface area contributed by atoms with Gasteiger partial charge in [0.2, 0.25) is 10.0 Å². The minimum atomic E-state index is -4.66. The molecule has 3 aromatic heterocycles. The molecule has 0 bridgehead atoms. The van der Waals surface area contributed by atoms with E-state index in [9.17, 15) is 21.6 Å². The molecule has 3 heterocycles. The Labute approximate surface area is 209 Å². The van der Waals surface area contributed by atoms with Gasteiger partial charge in [0, 0.05) is 35.8 Å². The number of imidazole rings is 1. The highest BCUT2D eigenvalue weighted by Gasteiger charge is 2.33. The van der Waals surface area contributed by atoms with Crippen LogP contribution in [0.3, 0.4) is 0 Å². The maximum Gasteiger partial charge on any atom is 0.416 e. The second-order valence-corrected chi connectivity index (χ2v) is 10.8. The van der Waals surface area contributed by atoms with Crippen LogP contribution in [0, 0.1) is 0 Å². The van der Waals surface area contributed by atoms with Crippen LogP contribution in [0.1, 0.15) is 17.0 Å². The summed E-state index contributed by atoms with van der Waals surface area (Å²) >= 11 is 1.44. The van der Waals surface area contributed by atoms with Crippen LogP contribution in [0.5, 0.6) is 0 Å². The molecule has 6 nitrogen and oxygen atoms in total.